The van der Waals surface area contributed by atoms with Crippen molar-refractivity contribution in [1.82, 2.24) is 10.2 Å². The molecule has 0 aromatic heterocycles. The van der Waals surface area contributed by atoms with Gasteiger partial charge in [0.05, 0.1) is 5.92 Å². The van der Waals surface area contributed by atoms with Gasteiger partial charge in [-0.2, -0.15) is 0 Å². The van der Waals surface area contributed by atoms with E-state index in [0.717, 1.165) is 32.1 Å². The molecule has 1 aromatic rings. The quantitative estimate of drug-likeness (QED) is 0.754. The average Bonchev–Trinajstić information content (AvgIpc) is 3.10. The van der Waals surface area contributed by atoms with Crippen LogP contribution < -0.4 is 5.32 Å². The molecule has 2 fully saturated rings. The molecule has 4 unspecified atom stereocenters. The third-order valence-corrected chi connectivity index (χ3v) is 6.16. The topological polar surface area (TPSA) is 86.7 Å². The van der Waals surface area contributed by atoms with Crippen LogP contribution in [-0.2, 0) is 9.59 Å². The van der Waals surface area contributed by atoms with E-state index in [1.54, 1.807) is 17.0 Å². The Balaban J connectivity index is 1.76. The van der Waals surface area contributed by atoms with Crippen LogP contribution in [0.1, 0.15) is 62.2 Å². The summed E-state index contributed by atoms with van der Waals surface area (Å²) in [6, 6.07) is 8.69. The standard InChI is InChI=1S/C22H30N2O4/c1-2-8-17(22(27)28)14-23-20(25)19-13-16-11-6-7-12-18(16)24(19)21(26)15-9-4-3-5-10-15/h3-5,9-10,16-19H,2,6-8,11-14H2,1H3,(H,23,25)(H,27,28). The fourth-order valence-electron chi connectivity index (χ4n) is 4.72. The largest absolute Gasteiger partial charge is 0.481 e. The molecule has 152 valence electrons. The Kier molecular flexibility index (Phi) is 6.70. The van der Waals surface area contributed by atoms with Crippen LogP contribution in [0.5, 0.6) is 0 Å². The van der Waals surface area contributed by atoms with Crippen molar-refractivity contribution in [3.63, 3.8) is 0 Å². The number of carboxylic acid groups (broad SMARTS) is 1. The van der Waals surface area contributed by atoms with Crippen molar-refractivity contribution >= 4 is 17.8 Å². The van der Waals surface area contributed by atoms with Gasteiger partial charge in [0, 0.05) is 18.2 Å². The summed E-state index contributed by atoms with van der Waals surface area (Å²) >= 11 is 0. The molecule has 2 amide bonds. The Bertz CT molecular complexity index is 706. The van der Waals surface area contributed by atoms with Crippen molar-refractivity contribution in [1.29, 1.82) is 0 Å². The lowest BCUT2D eigenvalue weighted by Gasteiger charge is -2.33. The van der Waals surface area contributed by atoms with Crippen molar-refractivity contribution in [3.05, 3.63) is 35.9 Å². The van der Waals surface area contributed by atoms with Gasteiger partial charge >= 0.3 is 5.97 Å². The Hall–Kier alpha value is -2.37. The maximum absolute atomic E-state index is 13.2. The first-order valence-electron chi connectivity index (χ1n) is 10.4. The second-order valence-electron chi connectivity index (χ2n) is 8.01. The lowest BCUT2D eigenvalue weighted by molar-refractivity contribution is -0.142. The number of benzene rings is 1. The van der Waals surface area contributed by atoms with Crippen LogP contribution >= 0.6 is 0 Å². The molecule has 1 heterocycles. The number of rotatable bonds is 7. The summed E-state index contributed by atoms with van der Waals surface area (Å²) in [6.45, 7) is 2.04. The predicted octanol–water partition coefficient (Wildman–Crippen LogP) is 3.08. The van der Waals surface area contributed by atoms with Crippen molar-refractivity contribution in [2.24, 2.45) is 11.8 Å². The highest BCUT2D eigenvalue weighted by Crippen LogP contribution is 2.40. The van der Waals surface area contributed by atoms with Crippen LogP contribution in [0.2, 0.25) is 0 Å². The van der Waals surface area contributed by atoms with Crippen molar-refractivity contribution in [2.75, 3.05) is 6.54 Å². The number of amides is 2. The number of hydrogen-bond donors (Lipinski definition) is 2. The SMILES string of the molecule is CCCC(CNC(=O)C1CC2CCCCC2N1C(=O)c1ccccc1)C(=O)O. The summed E-state index contributed by atoms with van der Waals surface area (Å²) < 4.78 is 0. The predicted molar refractivity (Wildman–Crippen MR) is 106 cm³/mol. The molecule has 28 heavy (non-hydrogen) atoms. The number of carboxylic acids is 1. The van der Waals surface area contributed by atoms with E-state index in [1.807, 2.05) is 25.1 Å². The van der Waals surface area contributed by atoms with Crippen LogP contribution in [0, 0.1) is 11.8 Å². The molecule has 6 nitrogen and oxygen atoms in total. The number of carbonyl (C=O) groups is 3. The molecule has 0 spiro atoms. The molecule has 3 rings (SSSR count). The molecular weight excluding hydrogens is 356 g/mol. The Labute approximate surface area is 166 Å². The lowest BCUT2D eigenvalue weighted by atomic mass is 9.84. The van der Waals surface area contributed by atoms with E-state index in [9.17, 15) is 19.5 Å². The minimum atomic E-state index is -0.889. The van der Waals surface area contributed by atoms with Crippen LogP contribution in [-0.4, -0.2) is 46.4 Å². The highest BCUT2D eigenvalue weighted by molar-refractivity contribution is 5.98. The zero-order chi connectivity index (χ0) is 20.1. The van der Waals surface area contributed by atoms with Crippen LogP contribution in [0.25, 0.3) is 0 Å². The van der Waals surface area contributed by atoms with Crippen LogP contribution in [0.3, 0.4) is 0 Å². The zero-order valence-electron chi connectivity index (χ0n) is 16.5. The van der Waals surface area contributed by atoms with E-state index in [-0.39, 0.29) is 24.4 Å². The molecule has 1 aliphatic heterocycles. The van der Waals surface area contributed by atoms with Crippen LogP contribution in [0.4, 0.5) is 0 Å². The third kappa shape index (κ3) is 4.37. The number of likely N-dealkylation sites (tertiary alicyclic amines) is 1. The Morgan fingerprint density at radius 1 is 1.18 bits per heavy atom. The fraction of sp³-hybridized carbons (Fsp3) is 0.591. The number of aliphatic carboxylic acids is 1. The van der Waals surface area contributed by atoms with E-state index in [0.29, 0.717) is 24.3 Å². The maximum atomic E-state index is 13.2. The minimum Gasteiger partial charge on any atom is -0.481 e. The molecule has 2 aliphatic rings. The third-order valence-electron chi connectivity index (χ3n) is 6.16. The fourth-order valence-corrected chi connectivity index (χ4v) is 4.72. The first-order chi connectivity index (χ1) is 13.5. The molecular formula is C22H30N2O4. The summed E-state index contributed by atoms with van der Waals surface area (Å²) in [7, 11) is 0. The molecule has 0 bridgehead atoms. The van der Waals surface area contributed by atoms with Gasteiger partial charge < -0.3 is 15.3 Å². The summed E-state index contributed by atoms with van der Waals surface area (Å²) in [5.41, 5.74) is 0.598. The maximum Gasteiger partial charge on any atom is 0.308 e. The monoisotopic (exact) mass is 386 g/mol. The van der Waals surface area contributed by atoms with Gasteiger partial charge in [-0.25, -0.2) is 0 Å². The molecule has 1 aliphatic carbocycles. The lowest BCUT2D eigenvalue weighted by Crippen LogP contribution is -2.50. The normalized spacial score (nSPS) is 25.0. The second kappa shape index (κ2) is 9.22. The van der Waals surface area contributed by atoms with Crippen molar-refractivity contribution < 1.29 is 19.5 Å². The average molecular weight is 386 g/mol. The van der Waals surface area contributed by atoms with Gasteiger partial charge in [0.15, 0.2) is 0 Å². The van der Waals surface area contributed by atoms with E-state index in [1.165, 1.54) is 0 Å². The Morgan fingerprint density at radius 3 is 2.57 bits per heavy atom. The molecule has 1 saturated carbocycles. The first-order valence-corrected chi connectivity index (χ1v) is 10.4. The van der Waals surface area contributed by atoms with Gasteiger partial charge in [0.2, 0.25) is 5.91 Å². The van der Waals surface area contributed by atoms with Gasteiger partial charge in [-0.05, 0) is 43.7 Å². The molecule has 4 atom stereocenters. The molecule has 1 saturated heterocycles. The number of hydrogen-bond acceptors (Lipinski definition) is 3. The summed E-state index contributed by atoms with van der Waals surface area (Å²) in [6.07, 6.45) is 6.13. The van der Waals surface area contributed by atoms with Gasteiger partial charge in [-0.3, -0.25) is 14.4 Å². The van der Waals surface area contributed by atoms with E-state index < -0.39 is 17.9 Å². The molecule has 0 radical (unpaired) electrons. The second-order valence-corrected chi connectivity index (χ2v) is 8.01. The summed E-state index contributed by atoms with van der Waals surface area (Å²) in [5.74, 6) is -1.45. The van der Waals surface area contributed by atoms with E-state index in [4.69, 9.17) is 0 Å². The van der Waals surface area contributed by atoms with Crippen molar-refractivity contribution in [3.8, 4) is 0 Å². The van der Waals surface area contributed by atoms with E-state index >= 15 is 0 Å². The van der Waals surface area contributed by atoms with Gasteiger partial charge in [-0.15, -0.1) is 0 Å². The number of carbonyl (C=O) groups excluding carboxylic acids is 2. The molecule has 2 N–H and O–H groups in total. The molecule has 6 heteroatoms. The smallest absolute Gasteiger partial charge is 0.308 e. The molecule has 1 aromatic carbocycles. The van der Waals surface area contributed by atoms with Crippen molar-refractivity contribution in [2.45, 2.75) is 64.0 Å². The number of nitrogens with one attached hydrogen (secondary N) is 1. The minimum absolute atomic E-state index is 0.0986. The highest BCUT2D eigenvalue weighted by Gasteiger charge is 2.47. The number of fused-ring (bicyclic) bond motifs is 1. The summed E-state index contributed by atoms with van der Waals surface area (Å²) in [5, 5.41) is 12.1. The van der Waals surface area contributed by atoms with Gasteiger partial charge in [-0.1, -0.05) is 44.4 Å². The van der Waals surface area contributed by atoms with Crippen LogP contribution in [0.15, 0.2) is 30.3 Å². The first kappa shape index (κ1) is 20.4. The van der Waals surface area contributed by atoms with Gasteiger partial charge in [0.1, 0.15) is 6.04 Å². The van der Waals surface area contributed by atoms with Gasteiger partial charge in [0.25, 0.3) is 5.91 Å². The Morgan fingerprint density at radius 2 is 1.89 bits per heavy atom. The highest BCUT2D eigenvalue weighted by atomic mass is 16.4. The zero-order valence-corrected chi connectivity index (χ0v) is 16.5. The summed E-state index contributed by atoms with van der Waals surface area (Å²) in [4.78, 5) is 39.3. The number of nitrogens with zero attached hydrogens (tertiary/aromatic N) is 1. The van der Waals surface area contributed by atoms with E-state index in [2.05, 4.69) is 5.32 Å².